The lowest BCUT2D eigenvalue weighted by atomic mass is 10.1. The van der Waals surface area contributed by atoms with Gasteiger partial charge in [0.2, 0.25) is 5.91 Å². The molecule has 0 radical (unpaired) electrons. The minimum Gasteiger partial charge on any atom is -0.396 e. The van der Waals surface area contributed by atoms with Gasteiger partial charge in [0.15, 0.2) is 0 Å². The Bertz CT molecular complexity index is 528. The maximum absolute atomic E-state index is 13.0. The van der Waals surface area contributed by atoms with Crippen LogP contribution >= 0.6 is 0 Å². The van der Waals surface area contributed by atoms with Gasteiger partial charge >= 0.3 is 0 Å². The summed E-state index contributed by atoms with van der Waals surface area (Å²) in [5.41, 5.74) is 5.65. The molecule has 114 valence electrons. The fraction of sp³-hybridized carbons (Fsp3) is 0.467. The van der Waals surface area contributed by atoms with Crippen LogP contribution in [0.5, 0.6) is 0 Å². The molecule has 6 heteroatoms. The first-order valence-corrected chi connectivity index (χ1v) is 7.19. The van der Waals surface area contributed by atoms with E-state index in [0.717, 1.165) is 32.0 Å². The first-order chi connectivity index (χ1) is 10.1. The summed E-state index contributed by atoms with van der Waals surface area (Å²) in [7, 11) is 0. The van der Waals surface area contributed by atoms with Crippen LogP contribution in [0.1, 0.15) is 36.0 Å². The van der Waals surface area contributed by atoms with E-state index in [1.54, 1.807) is 0 Å². The van der Waals surface area contributed by atoms with Gasteiger partial charge in [-0.05, 0) is 37.5 Å². The fourth-order valence-corrected chi connectivity index (χ4v) is 2.37. The number of carbonyl (C=O) groups is 2. The zero-order valence-electron chi connectivity index (χ0n) is 11.9. The molecule has 1 heterocycles. The van der Waals surface area contributed by atoms with Crippen LogP contribution in [0.3, 0.4) is 0 Å². The van der Waals surface area contributed by atoms with Crippen molar-refractivity contribution in [2.75, 3.05) is 25.4 Å². The molecule has 3 N–H and O–H groups in total. The normalized spacial score (nSPS) is 14.8. The van der Waals surface area contributed by atoms with Gasteiger partial charge in [-0.3, -0.25) is 9.59 Å². The topological polar surface area (TPSA) is 75.4 Å². The van der Waals surface area contributed by atoms with E-state index in [4.69, 9.17) is 5.73 Å². The van der Waals surface area contributed by atoms with E-state index in [1.807, 2.05) is 4.90 Å². The van der Waals surface area contributed by atoms with E-state index in [-0.39, 0.29) is 30.5 Å². The van der Waals surface area contributed by atoms with Crippen LogP contribution in [0.25, 0.3) is 0 Å². The van der Waals surface area contributed by atoms with Crippen molar-refractivity contribution in [3.8, 4) is 0 Å². The Labute approximate surface area is 123 Å². The third-order valence-electron chi connectivity index (χ3n) is 3.59. The maximum Gasteiger partial charge on any atom is 0.251 e. The number of likely N-dealkylation sites (tertiary alicyclic amines) is 1. The standard InChI is InChI=1S/C15H20FN3O2/c16-12-5-4-11(10-13(12)17)15(21)18-7-6-14(20)19-8-2-1-3-9-19/h4-5,10H,1-3,6-9,17H2,(H,18,21). The van der Waals surface area contributed by atoms with Crippen LogP contribution in [0, 0.1) is 5.82 Å². The number of anilines is 1. The third kappa shape index (κ3) is 4.18. The van der Waals surface area contributed by atoms with Gasteiger partial charge in [-0.1, -0.05) is 0 Å². The Balaban J connectivity index is 1.78. The zero-order valence-corrected chi connectivity index (χ0v) is 11.9. The molecular formula is C15H20FN3O2. The summed E-state index contributed by atoms with van der Waals surface area (Å²) in [6.07, 6.45) is 3.55. The summed E-state index contributed by atoms with van der Waals surface area (Å²) in [4.78, 5) is 25.6. The largest absolute Gasteiger partial charge is 0.396 e. The molecule has 2 rings (SSSR count). The van der Waals surface area contributed by atoms with Crippen molar-refractivity contribution in [1.82, 2.24) is 10.2 Å². The number of nitrogen functional groups attached to an aromatic ring is 1. The molecule has 0 atom stereocenters. The molecule has 0 aromatic heterocycles. The third-order valence-corrected chi connectivity index (χ3v) is 3.59. The van der Waals surface area contributed by atoms with Gasteiger partial charge in [-0.15, -0.1) is 0 Å². The first-order valence-electron chi connectivity index (χ1n) is 7.19. The van der Waals surface area contributed by atoms with Crippen LogP contribution in [-0.4, -0.2) is 36.3 Å². The number of piperidine rings is 1. The second-order valence-electron chi connectivity index (χ2n) is 5.18. The number of amides is 2. The highest BCUT2D eigenvalue weighted by atomic mass is 19.1. The van der Waals surface area contributed by atoms with Crippen molar-refractivity contribution in [3.05, 3.63) is 29.6 Å². The quantitative estimate of drug-likeness (QED) is 0.827. The summed E-state index contributed by atoms with van der Waals surface area (Å²) in [5.74, 6) is -0.839. The average Bonchev–Trinajstić information content (AvgIpc) is 2.50. The maximum atomic E-state index is 13.0. The van der Waals surface area contributed by atoms with Crippen LogP contribution in [-0.2, 0) is 4.79 Å². The number of hydrogen-bond acceptors (Lipinski definition) is 3. The molecule has 0 spiro atoms. The van der Waals surface area contributed by atoms with Crippen LogP contribution in [0.4, 0.5) is 10.1 Å². The summed E-state index contributed by atoms with van der Waals surface area (Å²) in [5, 5.41) is 2.65. The zero-order chi connectivity index (χ0) is 15.2. The lowest BCUT2D eigenvalue weighted by molar-refractivity contribution is -0.131. The van der Waals surface area contributed by atoms with Crippen molar-refractivity contribution in [3.63, 3.8) is 0 Å². The molecule has 0 bridgehead atoms. The molecule has 1 aliphatic rings. The number of nitrogens with zero attached hydrogens (tertiary/aromatic N) is 1. The Morgan fingerprint density at radius 1 is 1.24 bits per heavy atom. The van der Waals surface area contributed by atoms with Gasteiger partial charge in [0, 0.05) is 31.6 Å². The molecule has 1 aliphatic heterocycles. The molecule has 1 aromatic rings. The Hall–Kier alpha value is -2.11. The van der Waals surface area contributed by atoms with E-state index in [2.05, 4.69) is 5.32 Å². The minimum absolute atomic E-state index is 0.0629. The highest BCUT2D eigenvalue weighted by molar-refractivity contribution is 5.95. The average molecular weight is 293 g/mol. The lowest BCUT2D eigenvalue weighted by Crippen LogP contribution is -2.37. The molecule has 21 heavy (non-hydrogen) atoms. The van der Waals surface area contributed by atoms with Gasteiger partial charge in [0.1, 0.15) is 5.82 Å². The molecule has 5 nitrogen and oxygen atoms in total. The first kappa shape index (κ1) is 15.3. The number of carbonyl (C=O) groups excluding carboxylic acids is 2. The Kier molecular flexibility index (Phi) is 5.14. The van der Waals surface area contributed by atoms with E-state index in [9.17, 15) is 14.0 Å². The SMILES string of the molecule is Nc1cc(C(=O)NCCC(=O)N2CCCCC2)ccc1F. The van der Waals surface area contributed by atoms with Gasteiger partial charge in [0.25, 0.3) is 5.91 Å². The summed E-state index contributed by atoms with van der Waals surface area (Å²) in [6.45, 7) is 1.88. The number of rotatable bonds is 4. The number of benzene rings is 1. The number of halogens is 1. The van der Waals surface area contributed by atoms with Crippen LogP contribution in [0.15, 0.2) is 18.2 Å². The number of hydrogen-bond donors (Lipinski definition) is 2. The highest BCUT2D eigenvalue weighted by Crippen LogP contribution is 2.12. The smallest absolute Gasteiger partial charge is 0.251 e. The summed E-state index contributed by atoms with van der Waals surface area (Å²) >= 11 is 0. The van der Waals surface area contributed by atoms with Crippen molar-refractivity contribution < 1.29 is 14.0 Å². The summed E-state index contributed by atoms with van der Waals surface area (Å²) < 4.78 is 13.0. The van der Waals surface area contributed by atoms with Crippen molar-refractivity contribution in [1.29, 1.82) is 0 Å². The predicted octanol–water partition coefficient (Wildman–Crippen LogP) is 1.54. The van der Waals surface area contributed by atoms with E-state index in [0.29, 0.717) is 5.56 Å². The van der Waals surface area contributed by atoms with Gasteiger partial charge in [-0.2, -0.15) is 0 Å². The van der Waals surface area contributed by atoms with Crippen LogP contribution in [0.2, 0.25) is 0 Å². The number of nitrogens with one attached hydrogen (secondary N) is 1. The van der Waals surface area contributed by atoms with E-state index >= 15 is 0 Å². The summed E-state index contributed by atoms with van der Waals surface area (Å²) in [6, 6.07) is 3.81. The molecule has 1 fully saturated rings. The molecule has 0 aliphatic carbocycles. The molecule has 0 unspecified atom stereocenters. The lowest BCUT2D eigenvalue weighted by Gasteiger charge is -2.26. The Morgan fingerprint density at radius 2 is 1.95 bits per heavy atom. The van der Waals surface area contributed by atoms with Crippen LogP contribution < -0.4 is 11.1 Å². The second kappa shape index (κ2) is 7.06. The Morgan fingerprint density at radius 3 is 2.62 bits per heavy atom. The van der Waals surface area contributed by atoms with Crippen molar-refractivity contribution >= 4 is 17.5 Å². The second-order valence-corrected chi connectivity index (χ2v) is 5.18. The monoisotopic (exact) mass is 293 g/mol. The molecule has 1 saturated heterocycles. The van der Waals surface area contributed by atoms with E-state index < -0.39 is 5.82 Å². The molecule has 0 saturated carbocycles. The van der Waals surface area contributed by atoms with E-state index in [1.165, 1.54) is 18.6 Å². The molecule has 1 aromatic carbocycles. The minimum atomic E-state index is -0.549. The van der Waals surface area contributed by atoms with Gasteiger partial charge in [-0.25, -0.2) is 4.39 Å². The highest BCUT2D eigenvalue weighted by Gasteiger charge is 2.16. The molecular weight excluding hydrogens is 273 g/mol. The van der Waals surface area contributed by atoms with Gasteiger partial charge in [0.05, 0.1) is 5.69 Å². The molecule has 2 amide bonds. The predicted molar refractivity (Wildman–Crippen MR) is 78.2 cm³/mol. The van der Waals surface area contributed by atoms with Crippen molar-refractivity contribution in [2.45, 2.75) is 25.7 Å². The van der Waals surface area contributed by atoms with Crippen molar-refractivity contribution in [2.24, 2.45) is 0 Å². The van der Waals surface area contributed by atoms with Gasteiger partial charge < -0.3 is 16.0 Å². The fourth-order valence-electron chi connectivity index (χ4n) is 2.37. The number of nitrogens with two attached hydrogens (primary N) is 1.